The first-order valence-corrected chi connectivity index (χ1v) is 7.44. The summed E-state index contributed by atoms with van der Waals surface area (Å²) in [6.07, 6.45) is 0. The minimum atomic E-state index is -0.812. The van der Waals surface area contributed by atoms with Gasteiger partial charge in [0.15, 0.2) is 0 Å². The fourth-order valence-electron chi connectivity index (χ4n) is 2.91. The Balaban J connectivity index is 2.02. The smallest absolute Gasteiger partial charge is 0.355 e. The van der Waals surface area contributed by atoms with Gasteiger partial charge in [-0.15, -0.1) is 0 Å². The number of benzene rings is 2. The van der Waals surface area contributed by atoms with Crippen molar-refractivity contribution in [3.63, 3.8) is 0 Å². The molecule has 0 saturated carbocycles. The lowest BCUT2D eigenvalue weighted by molar-refractivity contribution is 0.415. The monoisotopic (exact) mass is 341 g/mol. The SMILES string of the molecule is COc1ccc2c(c1)c(=O)n1c(=O)n(Cc3ccccc3F)c(=O)n21. The number of halogens is 1. The van der Waals surface area contributed by atoms with Gasteiger partial charge in [0.2, 0.25) is 0 Å². The molecule has 0 aliphatic rings. The lowest BCUT2D eigenvalue weighted by atomic mass is 10.2. The van der Waals surface area contributed by atoms with Crippen molar-refractivity contribution in [2.45, 2.75) is 6.54 Å². The fourth-order valence-corrected chi connectivity index (χ4v) is 2.91. The first-order chi connectivity index (χ1) is 12.0. The maximum atomic E-state index is 13.8. The van der Waals surface area contributed by atoms with Crippen LogP contribution in [-0.4, -0.2) is 20.7 Å². The topological polar surface area (TPSA) is 74.2 Å². The van der Waals surface area contributed by atoms with Crippen molar-refractivity contribution in [3.05, 3.63) is 85.2 Å². The maximum Gasteiger partial charge on any atom is 0.355 e. The Labute approximate surface area is 139 Å². The van der Waals surface area contributed by atoms with Crippen molar-refractivity contribution in [1.82, 2.24) is 13.6 Å². The first kappa shape index (κ1) is 15.1. The Morgan fingerprint density at radius 3 is 2.44 bits per heavy atom. The molecular weight excluding hydrogens is 329 g/mol. The van der Waals surface area contributed by atoms with Crippen LogP contribution in [-0.2, 0) is 6.54 Å². The van der Waals surface area contributed by atoms with Crippen LogP contribution in [0.5, 0.6) is 5.75 Å². The molecule has 0 aliphatic carbocycles. The molecule has 0 saturated heterocycles. The summed E-state index contributed by atoms with van der Waals surface area (Å²) in [7, 11) is 1.45. The summed E-state index contributed by atoms with van der Waals surface area (Å²) < 4.78 is 21.5. The number of hydrogen-bond acceptors (Lipinski definition) is 4. The zero-order valence-electron chi connectivity index (χ0n) is 13.1. The van der Waals surface area contributed by atoms with Crippen LogP contribution in [0.1, 0.15) is 5.56 Å². The van der Waals surface area contributed by atoms with Gasteiger partial charge >= 0.3 is 11.4 Å². The third-order valence-corrected chi connectivity index (χ3v) is 4.17. The van der Waals surface area contributed by atoms with E-state index in [1.54, 1.807) is 12.1 Å². The van der Waals surface area contributed by atoms with Crippen molar-refractivity contribution >= 4 is 10.9 Å². The minimum Gasteiger partial charge on any atom is -0.497 e. The van der Waals surface area contributed by atoms with Crippen LogP contribution >= 0.6 is 0 Å². The molecule has 8 heteroatoms. The molecule has 7 nitrogen and oxygen atoms in total. The van der Waals surface area contributed by atoms with Gasteiger partial charge in [0.25, 0.3) is 5.56 Å². The highest BCUT2D eigenvalue weighted by Gasteiger charge is 2.20. The summed E-state index contributed by atoms with van der Waals surface area (Å²) in [5, 5.41) is 0.201. The second kappa shape index (κ2) is 5.30. The molecule has 0 unspecified atom stereocenters. The number of nitrogens with zero attached hydrogens (tertiary/aromatic N) is 3. The summed E-state index contributed by atoms with van der Waals surface area (Å²) in [5.41, 5.74) is -1.66. The van der Waals surface area contributed by atoms with Crippen molar-refractivity contribution in [1.29, 1.82) is 0 Å². The maximum absolute atomic E-state index is 13.8. The van der Waals surface area contributed by atoms with Crippen molar-refractivity contribution in [2.75, 3.05) is 7.11 Å². The van der Waals surface area contributed by atoms with Crippen LogP contribution in [0, 0.1) is 5.82 Å². The van der Waals surface area contributed by atoms with Crippen molar-refractivity contribution < 1.29 is 9.13 Å². The highest BCUT2D eigenvalue weighted by Crippen LogP contribution is 2.17. The molecule has 0 N–H and O–H groups in total. The molecular formula is C17H12FN3O4. The zero-order valence-corrected chi connectivity index (χ0v) is 13.1. The van der Waals surface area contributed by atoms with E-state index in [0.29, 0.717) is 11.3 Å². The normalized spacial score (nSPS) is 11.4. The van der Waals surface area contributed by atoms with Crippen LogP contribution in [0.4, 0.5) is 4.39 Å². The Bertz CT molecular complexity index is 1290. The molecule has 0 amide bonds. The quantitative estimate of drug-likeness (QED) is 0.550. The molecule has 126 valence electrons. The van der Waals surface area contributed by atoms with E-state index in [4.69, 9.17) is 4.74 Å². The molecule has 0 aliphatic heterocycles. The molecule has 0 fully saturated rings. The van der Waals surface area contributed by atoms with Gasteiger partial charge < -0.3 is 4.74 Å². The molecule has 4 rings (SSSR count). The summed E-state index contributed by atoms with van der Waals surface area (Å²) in [6, 6.07) is 10.4. The lowest BCUT2D eigenvalue weighted by Gasteiger charge is -2.01. The molecule has 4 aromatic rings. The van der Waals surface area contributed by atoms with E-state index in [9.17, 15) is 18.8 Å². The first-order valence-electron chi connectivity index (χ1n) is 7.44. The number of ether oxygens (including phenoxy) is 1. The Morgan fingerprint density at radius 1 is 1.00 bits per heavy atom. The van der Waals surface area contributed by atoms with E-state index in [0.717, 1.165) is 13.6 Å². The van der Waals surface area contributed by atoms with Crippen molar-refractivity contribution in [2.24, 2.45) is 0 Å². The highest BCUT2D eigenvalue weighted by atomic mass is 19.1. The van der Waals surface area contributed by atoms with Crippen LogP contribution in [0.2, 0.25) is 0 Å². The van der Waals surface area contributed by atoms with Gasteiger partial charge in [-0.25, -0.2) is 18.5 Å². The van der Waals surface area contributed by atoms with Gasteiger partial charge in [0.05, 0.1) is 24.6 Å². The number of hydrogen-bond donors (Lipinski definition) is 0. The molecule has 2 aromatic heterocycles. The van der Waals surface area contributed by atoms with E-state index in [1.165, 1.54) is 37.4 Å². The average Bonchev–Trinajstić information content (AvgIpc) is 3.04. The number of methoxy groups -OCH3 is 1. The van der Waals surface area contributed by atoms with Gasteiger partial charge in [-0.05, 0) is 24.3 Å². The second-order valence-electron chi connectivity index (χ2n) is 5.55. The van der Waals surface area contributed by atoms with Crippen LogP contribution in [0.3, 0.4) is 0 Å². The molecule has 0 radical (unpaired) electrons. The summed E-state index contributed by atoms with van der Waals surface area (Å²) >= 11 is 0. The Hall–Kier alpha value is -3.42. The van der Waals surface area contributed by atoms with Gasteiger partial charge in [-0.1, -0.05) is 18.2 Å². The van der Waals surface area contributed by atoms with Gasteiger partial charge in [-0.3, -0.25) is 4.79 Å². The van der Waals surface area contributed by atoms with Crippen LogP contribution in [0.15, 0.2) is 56.8 Å². The molecule has 0 spiro atoms. The molecule has 25 heavy (non-hydrogen) atoms. The van der Waals surface area contributed by atoms with E-state index in [2.05, 4.69) is 0 Å². The third kappa shape index (κ3) is 2.07. The van der Waals surface area contributed by atoms with E-state index < -0.39 is 22.8 Å². The lowest BCUT2D eigenvalue weighted by Crippen LogP contribution is -2.31. The predicted octanol–water partition coefficient (Wildman–Crippen LogP) is 0.708. The van der Waals surface area contributed by atoms with Gasteiger partial charge in [0.1, 0.15) is 11.6 Å². The van der Waals surface area contributed by atoms with Gasteiger partial charge in [0, 0.05) is 5.56 Å². The van der Waals surface area contributed by atoms with Gasteiger partial charge in [-0.2, -0.15) is 9.03 Å². The Morgan fingerprint density at radius 2 is 1.72 bits per heavy atom. The van der Waals surface area contributed by atoms with E-state index in [-0.39, 0.29) is 17.5 Å². The summed E-state index contributed by atoms with van der Waals surface area (Å²) in [5.74, 6) is -0.0841. The minimum absolute atomic E-state index is 0.189. The largest absolute Gasteiger partial charge is 0.497 e. The second-order valence-corrected chi connectivity index (χ2v) is 5.55. The summed E-state index contributed by atoms with van der Waals surface area (Å²) in [4.78, 5) is 37.7. The van der Waals surface area contributed by atoms with E-state index in [1.807, 2.05) is 0 Å². The van der Waals surface area contributed by atoms with Crippen molar-refractivity contribution in [3.8, 4) is 5.75 Å². The van der Waals surface area contributed by atoms with E-state index >= 15 is 0 Å². The zero-order chi connectivity index (χ0) is 17.7. The number of aromatic nitrogens is 3. The standard InChI is InChI=1S/C17H12FN3O4/c1-25-11-6-7-14-12(8-11)15(22)21-17(24)19(16(23)20(14)21)9-10-4-2-3-5-13(10)18/h2-8H,9H2,1H3. The summed E-state index contributed by atoms with van der Waals surface area (Å²) in [6.45, 7) is -0.254. The Kier molecular flexibility index (Phi) is 3.21. The average molecular weight is 341 g/mol. The fraction of sp³-hybridized carbons (Fsp3) is 0.118. The predicted molar refractivity (Wildman–Crippen MR) is 88.4 cm³/mol. The molecule has 2 aromatic carbocycles. The molecule has 0 bridgehead atoms. The highest BCUT2D eigenvalue weighted by molar-refractivity contribution is 5.80. The number of rotatable bonds is 3. The number of fused-ring (bicyclic) bond motifs is 3. The molecule has 2 heterocycles. The molecule has 0 atom stereocenters. The van der Waals surface area contributed by atoms with Crippen LogP contribution in [0.25, 0.3) is 10.9 Å². The third-order valence-electron chi connectivity index (χ3n) is 4.17. The van der Waals surface area contributed by atoms with Crippen LogP contribution < -0.4 is 21.7 Å².